The van der Waals surface area contributed by atoms with Gasteiger partial charge in [0.05, 0.1) is 6.04 Å². The summed E-state index contributed by atoms with van der Waals surface area (Å²) in [5.41, 5.74) is 22.0. The number of aliphatic imine (C=N–C) groups is 1. The molecule has 0 heterocycles. The van der Waals surface area contributed by atoms with E-state index in [4.69, 9.17) is 22.9 Å². The molecule has 0 saturated heterocycles. The van der Waals surface area contributed by atoms with Crippen LogP contribution in [0.1, 0.15) is 52.4 Å². The van der Waals surface area contributed by atoms with Crippen LogP contribution in [0, 0.1) is 5.92 Å². The molecule has 0 aromatic rings. The molecule has 0 aliphatic rings. The molecule has 0 aromatic heterocycles. The third-order valence-electron chi connectivity index (χ3n) is 5.47. The molecule has 0 aliphatic heterocycles. The Morgan fingerprint density at radius 3 is 2.09 bits per heavy atom. The van der Waals surface area contributed by atoms with Crippen molar-refractivity contribution in [3.05, 3.63) is 0 Å². The Morgan fingerprint density at radius 2 is 1.57 bits per heavy atom. The number of rotatable bonds is 18. The fourth-order valence-electron chi connectivity index (χ4n) is 3.09. The Bertz CT molecular complexity index is 720. The molecule has 14 heteroatoms. The van der Waals surface area contributed by atoms with Gasteiger partial charge in [0, 0.05) is 12.3 Å². The van der Waals surface area contributed by atoms with E-state index in [1.54, 1.807) is 6.92 Å². The molecule has 5 atom stereocenters. The molecule has 202 valence electrons. The Morgan fingerprint density at radius 1 is 0.943 bits per heavy atom. The quantitative estimate of drug-likeness (QED) is 0.0421. The molecule has 0 fully saturated rings. The number of carboxylic acid groups (broad SMARTS) is 1. The van der Waals surface area contributed by atoms with Crippen molar-refractivity contribution in [2.75, 3.05) is 18.8 Å². The SMILES string of the molecule is CCC(C)C(NC(=O)C(N)CCCN=C(N)N)C(=O)NC(CCCCN)C(=O)NC(CS)C(=O)O. The van der Waals surface area contributed by atoms with Gasteiger partial charge in [0.1, 0.15) is 18.1 Å². The molecule has 0 aromatic carbocycles. The highest BCUT2D eigenvalue weighted by Gasteiger charge is 2.32. The maximum absolute atomic E-state index is 13.1. The van der Waals surface area contributed by atoms with Gasteiger partial charge in [-0.1, -0.05) is 20.3 Å². The van der Waals surface area contributed by atoms with Crippen LogP contribution in [-0.4, -0.2) is 77.8 Å². The van der Waals surface area contributed by atoms with E-state index in [2.05, 4.69) is 33.6 Å². The van der Waals surface area contributed by atoms with Crippen molar-refractivity contribution in [3.8, 4) is 0 Å². The number of nitrogens with zero attached hydrogens (tertiary/aromatic N) is 1. The first-order valence-corrected chi connectivity index (χ1v) is 12.4. The maximum atomic E-state index is 13.1. The van der Waals surface area contributed by atoms with Crippen LogP contribution in [0.4, 0.5) is 0 Å². The lowest BCUT2D eigenvalue weighted by Crippen LogP contribution is -2.58. The summed E-state index contributed by atoms with van der Waals surface area (Å²) in [6.45, 7) is 4.38. The third-order valence-corrected chi connectivity index (χ3v) is 5.84. The summed E-state index contributed by atoms with van der Waals surface area (Å²) < 4.78 is 0. The second kappa shape index (κ2) is 17.8. The molecule has 0 saturated carbocycles. The van der Waals surface area contributed by atoms with Crippen LogP contribution in [0.25, 0.3) is 0 Å². The van der Waals surface area contributed by atoms with Gasteiger partial charge >= 0.3 is 5.97 Å². The number of unbranched alkanes of at least 4 members (excludes halogenated alkanes) is 1. The van der Waals surface area contributed by atoms with Gasteiger partial charge in [-0.15, -0.1) is 0 Å². The van der Waals surface area contributed by atoms with Crippen LogP contribution in [-0.2, 0) is 19.2 Å². The molecular weight excluding hydrogens is 476 g/mol. The Balaban J connectivity index is 5.37. The number of carboxylic acids is 1. The summed E-state index contributed by atoms with van der Waals surface area (Å²) >= 11 is 3.94. The van der Waals surface area contributed by atoms with Gasteiger partial charge in [0.25, 0.3) is 0 Å². The van der Waals surface area contributed by atoms with Crippen molar-refractivity contribution in [3.63, 3.8) is 0 Å². The van der Waals surface area contributed by atoms with Crippen LogP contribution in [0.5, 0.6) is 0 Å². The van der Waals surface area contributed by atoms with E-state index in [-0.39, 0.29) is 24.1 Å². The van der Waals surface area contributed by atoms with Crippen molar-refractivity contribution in [1.82, 2.24) is 16.0 Å². The zero-order valence-corrected chi connectivity index (χ0v) is 21.4. The lowest BCUT2D eigenvalue weighted by Gasteiger charge is -2.28. The van der Waals surface area contributed by atoms with E-state index in [0.717, 1.165) is 0 Å². The van der Waals surface area contributed by atoms with Crippen molar-refractivity contribution < 1.29 is 24.3 Å². The monoisotopic (exact) mass is 518 g/mol. The predicted octanol–water partition coefficient (Wildman–Crippen LogP) is -1.99. The number of hydrogen-bond acceptors (Lipinski definition) is 8. The maximum Gasteiger partial charge on any atom is 0.327 e. The van der Waals surface area contributed by atoms with Crippen LogP contribution in [0.15, 0.2) is 4.99 Å². The van der Waals surface area contributed by atoms with E-state index in [9.17, 15) is 24.3 Å². The van der Waals surface area contributed by atoms with Crippen LogP contribution >= 0.6 is 12.6 Å². The lowest BCUT2D eigenvalue weighted by atomic mass is 9.96. The highest BCUT2D eigenvalue weighted by atomic mass is 32.1. The zero-order valence-electron chi connectivity index (χ0n) is 20.5. The fourth-order valence-corrected chi connectivity index (χ4v) is 3.34. The summed E-state index contributed by atoms with van der Waals surface area (Å²) in [6.07, 6.45) is 2.76. The summed E-state index contributed by atoms with van der Waals surface area (Å²) in [6, 6.07) is -4.03. The average Bonchev–Trinajstić information content (AvgIpc) is 2.81. The molecule has 0 rings (SSSR count). The Hall–Kier alpha value is -2.58. The van der Waals surface area contributed by atoms with Gasteiger partial charge in [-0.3, -0.25) is 19.4 Å². The molecule has 0 aliphatic carbocycles. The van der Waals surface area contributed by atoms with Gasteiger partial charge in [0.2, 0.25) is 17.7 Å². The first-order valence-electron chi connectivity index (χ1n) is 11.7. The number of amides is 3. The highest BCUT2D eigenvalue weighted by Crippen LogP contribution is 2.11. The molecule has 0 spiro atoms. The van der Waals surface area contributed by atoms with E-state index in [0.29, 0.717) is 45.2 Å². The second-order valence-corrected chi connectivity index (χ2v) is 8.72. The molecule has 0 radical (unpaired) electrons. The molecular formula is C21H42N8O5S. The summed E-state index contributed by atoms with van der Waals surface area (Å²) in [5.74, 6) is -3.39. The number of nitrogens with one attached hydrogen (secondary N) is 3. The van der Waals surface area contributed by atoms with Gasteiger partial charge in [-0.05, 0) is 44.6 Å². The minimum absolute atomic E-state index is 0.0503. The van der Waals surface area contributed by atoms with E-state index in [1.807, 2.05) is 6.92 Å². The number of hydrogen-bond donors (Lipinski definition) is 9. The van der Waals surface area contributed by atoms with E-state index in [1.165, 1.54) is 0 Å². The number of aliphatic carboxylic acids is 1. The van der Waals surface area contributed by atoms with E-state index < -0.39 is 47.9 Å². The van der Waals surface area contributed by atoms with Gasteiger partial charge in [-0.2, -0.15) is 12.6 Å². The first kappa shape index (κ1) is 32.4. The predicted molar refractivity (Wildman–Crippen MR) is 138 cm³/mol. The van der Waals surface area contributed by atoms with Crippen LogP contribution in [0.3, 0.4) is 0 Å². The molecule has 0 bridgehead atoms. The number of guanidine groups is 1. The topological polar surface area (TPSA) is 241 Å². The standard InChI is InChI=1S/C21H42N8O5S/c1-3-12(2)16(29-17(30)13(23)7-6-10-26-21(24)25)19(32)27-14(8-4-5-9-22)18(31)28-15(11-35)20(33)34/h12-16,35H,3-11,22-23H2,1-2H3,(H,27,32)(H,28,31)(H,29,30)(H,33,34)(H4,24,25,26). The largest absolute Gasteiger partial charge is 0.480 e. The first-order chi connectivity index (χ1) is 16.5. The smallest absolute Gasteiger partial charge is 0.327 e. The lowest BCUT2D eigenvalue weighted by molar-refractivity contribution is -0.141. The summed E-state index contributed by atoms with van der Waals surface area (Å²) in [5, 5.41) is 16.9. The second-order valence-electron chi connectivity index (χ2n) is 8.35. The summed E-state index contributed by atoms with van der Waals surface area (Å²) in [7, 11) is 0. The van der Waals surface area contributed by atoms with Crippen LogP contribution in [0.2, 0.25) is 0 Å². The molecule has 12 N–H and O–H groups in total. The number of carbonyl (C=O) groups is 4. The molecule has 5 unspecified atom stereocenters. The average molecular weight is 519 g/mol. The molecule has 3 amide bonds. The van der Waals surface area contributed by atoms with E-state index >= 15 is 0 Å². The number of nitrogens with two attached hydrogens (primary N) is 4. The van der Waals surface area contributed by atoms with Gasteiger partial charge in [-0.25, -0.2) is 4.79 Å². The Labute approximate surface area is 212 Å². The third kappa shape index (κ3) is 13.2. The van der Waals surface area contributed by atoms with Crippen LogP contribution < -0.4 is 38.9 Å². The van der Waals surface area contributed by atoms with Crippen molar-refractivity contribution >= 4 is 42.3 Å². The van der Waals surface area contributed by atoms with Gasteiger partial charge in [0.15, 0.2) is 5.96 Å². The zero-order chi connectivity index (χ0) is 27.0. The fraction of sp³-hybridized carbons (Fsp3) is 0.762. The van der Waals surface area contributed by atoms with Gasteiger partial charge < -0.3 is 44.0 Å². The van der Waals surface area contributed by atoms with Crippen molar-refractivity contribution in [2.24, 2.45) is 33.8 Å². The highest BCUT2D eigenvalue weighted by molar-refractivity contribution is 7.80. The molecule has 13 nitrogen and oxygen atoms in total. The number of thiol groups is 1. The minimum Gasteiger partial charge on any atom is -0.480 e. The van der Waals surface area contributed by atoms with Crippen molar-refractivity contribution in [1.29, 1.82) is 0 Å². The normalized spacial score (nSPS) is 15.1. The number of carbonyl (C=O) groups excluding carboxylic acids is 3. The summed E-state index contributed by atoms with van der Waals surface area (Å²) in [4.78, 5) is 53.6. The molecule has 35 heavy (non-hydrogen) atoms. The Kier molecular flexibility index (Phi) is 16.5. The van der Waals surface area contributed by atoms with Crippen molar-refractivity contribution in [2.45, 2.75) is 76.5 Å². The minimum atomic E-state index is -1.24.